The summed E-state index contributed by atoms with van der Waals surface area (Å²) in [4.78, 5) is 0. The number of hydrogen-bond donors (Lipinski definition) is 1. The van der Waals surface area contributed by atoms with Gasteiger partial charge in [-0.3, -0.25) is 0 Å². The number of nitrogen functional groups attached to an aromatic ring is 1. The second kappa shape index (κ2) is 6.89. The predicted molar refractivity (Wildman–Crippen MR) is 89.7 cm³/mol. The molecule has 0 aliphatic rings. The Morgan fingerprint density at radius 2 is 1.50 bits per heavy atom. The van der Waals surface area contributed by atoms with Crippen molar-refractivity contribution in [2.75, 3.05) is 27.1 Å². The first-order valence-corrected chi connectivity index (χ1v) is 6.96. The van der Waals surface area contributed by atoms with Gasteiger partial charge < -0.3 is 19.9 Å². The van der Waals surface area contributed by atoms with Gasteiger partial charge in [0.1, 0.15) is 17.2 Å². The van der Waals surface area contributed by atoms with Gasteiger partial charge in [-0.05, 0) is 47.9 Å². The van der Waals surface area contributed by atoms with Gasteiger partial charge in [-0.25, -0.2) is 0 Å². The number of nitrogens with two attached hydrogens (primary N) is 1. The third-order valence-corrected chi connectivity index (χ3v) is 3.49. The van der Waals surface area contributed by atoms with Gasteiger partial charge in [0.2, 0.25) is 0 Å². The van der Waals surface area contributed by atoms with Gasteiger partial charge in [0.15, 0.2) is 0 Å². The standard InChI is InChI=1S/C18H21NO3/c1-5-16(12-6-7-18(22-4)17(19)10-12)13-8-14(20-2)11-15(9-13)21-3/h5-11H,19H2,1-4H3/b16-5-. The normalized spacial score (nSPS) is 11.2. The summed E-state index contributed by atoms with van der Waals surface area (Å²) in [6.45, 7) is 1.99. The van der Waals surface area contributed by atoms with Crippen LogP contribution in [0.1, 0.15) is 18.1 Å². The van der Waals surface area contributed by atoms with Crippen molar-refractivity contribution >= 4 is 11.3 Å². The molecule has 2 aromatic carbocycles. The maximum absolute atomic E-state index is 6.01. The highest BCUT2D eigenvalue weighted by Crippen LogP contribution is 2.33. The molecule has 0 aliphatic carbocycles. The molecule has 0 aliphatic heterocycles. The van der Waals surface area contributed by atoms with Gasteiger partial charge >= 0.3 is 0 Å². The fraction of sp³-hybridized carbons (Fsp3) is 0.222. The number of anilines is 1. The first-order valence-electron chi connectivity index (χ1n) is 6.96. The molecule has 4 nitrogen and oxygen atoms in total. The van der Waals surface area contributed by atoms with E-state index in [1.165, 1.54) is 0 Å². The Kier molecular flexibility index (Phi) is 4.94. The van der Waals surface area contributed by atoms with Gasteiger partial charge in [0.25, 0.3) is 0 Å². The molecule has 2 aromatic rings. The van der Waals surface area contributed by atoms with Crippen molar-refractivity contribution in [1.82, 2.24) is 0 Å². The molecule has 0 saturated heterocycles. The van der Waals surface area contributed by atoms with Crippen LogP contribution in [0.15, 0.2) is 42.5 Å². The van der Waals surface area contributed by atoms with Crippen LogP contribution in [0.3, 0.4) is 0 Å². The van der Waals surface area contributed by atoms with Crippen LogP contribution in [0.25, 0.3) is 5.57 Å². The molecule has 0 amide bonds. The van der Waals surface area contributed by atoms with Crippen molar-refractivity contribution < 1.29 is 14.2 Å². The van der Waals surface area contributed by atoms with E-state index in [0.717, 1.165) is 28.2 Å². The van der Waals surface area contributed by atoms with Crippen LogP contribution < -0.4 is 19.9 Å². The molecular formula is C18H21NO3. The van der Waals surface area contributed by atoms with Crippen molar-refractivity contribution in [3.05, 3.63) is 53.6 Å². The molecule has 0 heterocycles. The number of rotatable bonds is 5. The molecule has 0 unspecified atom stereocenters. The van der Waals surface area contributed by atoms with E-state index in [4.69, 9.17) is 19.9 Å². The van der Waals surface area contributed by atoms with Crippen molar-refractivity contribution in [3.8, 4) is 17.2 Å². The number of allylic oxidation sites excluding steroid dienone is 1. The molecule has 0 radical (unpaired) electrons. The molecular weight excluding hydrogens is 278 g/mol. The molecule has 0 aromatic heterocycles. The highest BCUT2D eigenvalue weighted by atomic mass is 16.5. The van der Waals surface area contributed by atoms with Gasteiger partial charge in [-0.1, -0.05) is 12.1 Å². The minimum Gasteiger partial charge on any atom is -0.497 e. The monoisotopic (exact) mass is 299 g/mol. The van der Waals surface area contributed by atoms with E-state index in [0.29, 0.717) is 11.4 Å². The van der Waals surface area contributed by atoms with E-state index < -0.39 is 0 Å². The maximum atomic E-state index is 6.01. The average Bonchev–Trinajstić information content (AvgIpc) is 2.55. The van der Waals surface area contributed by atoms with E-state index in [1.54, 1.807) is 21.3 Å². The van der Waals surface area contributed by atoms with Crippen LogP contribution in [0.5, 0.6) is 17.2 Å². The molecule has 0 fully saturated rings. The van der Waals surface area contributed by atoms with Gasteiger partial charge in [-0.2, -0.15) is 0 Å². The van der Waals surface area contributed by atoms with E-state index in [1.807, 2.05) is 49.4 Å². The quantitative estimate of drug-likeness (QED) is 0.854. The van der Waals surface area contributed by atoms with Gasteiger partial charge in [0.05, 0.1) is 27.0 Å². The largest absolute Gasteiger partial charge is 0.497 e. The molecule has 0 saturated carbocycles. The van der Waals surface area contributed by atoms with Crippen LogP contribution in [-0.4, -0.2) is 21.3 Å². The zero-order valence-electron chi connectivity index (χ0n) is 13.3. The van der Waals surface area contributed by atoms with E-state index in [9.17, 15) is 0 Å². The van der Waals surface area contributed by atoms with Crippen molar-refractivity contribution in [2.24, 2.45) is 0 Å². The second-order valence-electron chi connectivity index (χ2n) is 4.76. The van der Waals surface area contributed by atoms with Crippen molar-refractivity contribution in [2.45, 2.75) is 6.92 Å². The van der Waals surface area contributed by atoms with Crippen molar-refractivity contribution in [1.29, 1.82) is 0 Å². The summed E-state index contributed by atoms with van der Waals surface area (Å²) in [6.07, 6.45) is 2.04. The molecule has 2 rings (SSSR count). The smallest absolute Gasteiger partial charge is 0.141 e. The Morgan fingerprint density at radius 1 is 0.864 bits per heavy atom. The topological polar surface area (TPSA) is 53.7 Å². The van der Waals surface area contributed by atoms with Crippen LogP contribution >= 0.6 is 0 Å². The number of hydrogen-bond acceptors (Lipinski definition) is 4. The first-order chi connectivity index (χ1) is 10.6. The van der Waals surface area contributed by atoms with E-state index in [2.05, 4.69) is 0 Å². The van der Waals surface area contributed by atoms with Crippen LogP contribution in [0.4, 0.5) is 5.69 Å². The molecule has 0 atom stereocenters. The summed E-state index contributed by atoms with van der Waals surface area (Å²) in [5.74, 6) is 2.16. The molecule has 2 N–H and O–H groups in total. The first kappa shape index (κ1) is 15.8. The van der Waals surface area contributed by atoms with Gasteiger partial charge in [0, 0.05) is 6.07 Å². The second-order valence-corrected chi connectivity index (χ2v) is 4.76. The lowest BCUT2D eigenvalue weighted by molar-refractivity contribution is 0.394. The molecule has 116 valence electrons. The Hall–Kier alpha value is -2.62. The maximum Gasteiger partial charge on any atom is 0.141 e. The SMILES string of the molecule is C/C=C(\c1cc(OC)cc(OC)c1)c1ccc(OC)c(N)c1. The summed E-state index contributed by atoms with van der Waals surface area (Å²) in [5, 5.41) is 0. The molecule has 0 bridgehead atoms. The average molecular weight is 299 g/mol. The van der Waals surface area contributed by atoms with E-state index >= 15 is 0 Å². The van der Waals surface area contributed by atoms with Crippen LogP contribution in [0.2, 0.25) is 0 Å². The zero-order chi connectivity index (χ0) is 16.1. The number of benzene rings is 2. The highest BCUT2D eigenvalue weighted by Gasteiger charge is 2.10. The lowest BCUT2D eigenvalue weighted by Gasteiger charge is -2.13. The molecule has 0 spiro atoms. The third-order valence-electron chi connectivity index (χ3n) is 3.49. The lowest BCUT2D eigenvalue weighted by Crippen LogP contribution is -1.96. The third kappa shape index (κ3) is 3.17. The summed E-state index contributed by atoms with van der Waals surface area (Å²) >= 11 is 0. The summed E-state index contributed by atoms with van der Waals surface area (Å²) in [6, 6.07) is 11.5. The van der Waals surface area contributed by atoms with Crippen LogP contribution in [-0.2, 0) is 0 Å². The minimum atomic E-state index is 0.606. The summed E-state index contributed by atoms with van der Waals surface area (Å²) in [7, 11) is 4.88. The minimum absolute atomic E-state index is 0.606. The Labute approximate surface area is 131 Å². The van der Waals surface area contributed by atoms with E-state index in [-0.39, 0.29) is 0 Å². The fourth-order valence-corrected chi connectivity index (χ4v) is 2.36. The Bertz CT molecular complexity index is 670. The van der Waals surface area contributed by atoms with Crippen LogP contribution in [0, 0.1) is 0 Å². The molecule has 4 heteroatoms. The summed E-state index contributed by atoms with van der Waals surface area (Å²) < 4.78 is 15.9. The Balaban J connectivity index is 2.51. The molecule has 22 heavy (non-hydrogen) atoms. The fourth-order valence-electron chi connectivity index (χ4n) is 2.36. The lowest BCUT2D eigenvalue weighted by atomic mass is 9.96. The van der Waals surface area contributed by atoms with Gasteiger partial charge in [-0.15, -0.1) is 0 Å². The highest BCUT2D eigenvalue weighted by molar-refractivity contribution is 5.82. The Morgan fingerprint density at radius 3 is 1.95 bits per heavy atom. The van der Waals surface area contributed by atoms with Crippen molar-refractivity contribution in [3.63, 3.8) is 0 Å². The predicted octanol–water partition coefficient (Wildman–Crippen LogP) is 3.75. The summed E-state index contributed by atoms with van der Waals surface area (Å²) in [5.41, 5.74) is 9.68. The zero-order valence-corrected chi connectivity index (χ0v) is 13.3. The number of methoxy groups -OCH3 is 3. The number of ether oxygens (including phenoxy) is 3.